The van der Waals surface area contributed by atoms with Gasteiger partial charge in [0.25, 0.3) is 0 Å². The fourth-order valence-electron chi connectivity index (χ4n) is 2.05. The molecule has 0 heterocycles. The minimum absolute atomic E-state index is 0.311. The zero-order valence-electron chi connectivity index (χ0n) is 15.3. The molecule has 26 heavy (non-hydrogen) atoms. The maximum absolute atomic E-state index is 13.2. The van der Waals surface area contributed by atoms with Crippen LogP contribution in [0.5, 0.6) is 0 Å². The molecule has 0 spiro atoms. The third-order valence-corrected chi connectivity index (χ3v) is 3.60. The number of benzene rings is 2. The molecule has 0 fully saturated rings. The summed E-state index contributed by atoms with van der Waals surface area (Å²) in [5.41, 5.74) is 5.20. The van der Waals surface area contributed by atoms with E-state index in [0.717, 1.165) is 22.3 Å². The Morgan fingerprint density at radius 1 is 0.846 bits per heavy atom. The maximum Gasteiger partial charge on any atom is 0.139 e. The first-order valence-electron chi connectivity index (χ1n) is 8.40. The van der Waals surface area contributed by atoms with E-state index < -0.39 is 0 Å². The molecule has 0 aromatic heterocycles. The second-order valence-electron chi connectivity index (χ2n) is 6.04. The molecule has 126 valence electrons. The van der Waals surface area contributed by atoms with Gasteiger partial charge in [0.05, 0.1) is 5.57 Å². The predicted molar refractivity (Wildman–Crippen MR) is 112 cm³/mol. The molecule has 2 aromatic rings. The average Bonchev–Trinajstić information content (AvgIpc) is 2.66. The highest BCUT2D eigenvalue weighted by molar-refractivity contribution is 6.32. The Morgan fingerprint density at radius 2 is 1.46 bits per heavy atom. The van der Waals surface area contributed by atoms with Gasteiger partial charge in [0.1, 0.15) is 14.2 Å². The fourth-order valence-corrected chi connectivity index (χ4v) is 2.05. The van der Waals surface area contributed by atoms with E-state index in [9.17, 15) is 4.39 Å². The van der Waals surface area contributed by atoms with Gasteiger partial charge in [-0.3, -0.25) is 0 Å². The van der Waals surface area contributed by atoms with Crippen LogP contribution in [0.3, 0.4) is 0 Å². The van der Waals surface area contributed by atoms with Crippen molar-refractivity contribution < 1.29 is 4.39 Å². The third kappa shape index (κ3) is 6.35. The minimum Gasteiger partial charge on any atom is -0.214 e. The number of hydrogen-bond donors (Lipinski definition) is 0. The largest absolute Gasteiger partial charge is 0.214 e. The smallest absolute Gasteiger partial charge is 0.139 e. The molecular weight excluding hydrogens is 318 g/mol. The van der Waals surface area contributed by atoms with Crippen molar-refractivity contribution in [2.24, 2.45) is 0 Å². The molecule has 0 unspecified atom stereocenters. The van der Waals surface area contributed by atoms with Crippen LogP contribution in [0.1, 0.15) is 25.0 Å². The van der Waals surface area contributed by atoms with Crippen LogP contribution in [0.4, 0.5) is 4.39 Å². The van der Waals surface area contributed by atoms with E-state index in [4.69, 9.17) is 0 Å². The summed E-state index contributed by atoms with van der Waals surface area (Å²) in [7, 11) is 2.02. The summed E-state index contributed by atoms with van der Waals surface area (Å²) in [4.78, 5) is 0. The second kappa shape index (κ2) is 9.92. The van der Waals surface area contributed by atoms with Gasteiger partial charge in [-0.15, -0.1) is 0 Å². The van der Waals surface area contributed by atoms with Crippen molar-refractivity contribution in [2.45, 2.75) is 13.8 Å². The summed E-state index contributed by atoms with van der Waals surface area (Å²) in [5, 5.41) is 0. The van der Waals surface area contributed by atoms with Crippen LogP contribution >= 0.6 is 0 Å². The van der Waals surface area contributed by atoms with Gasteiger partial charge in [-0.25, -0.2) is 4.39 Å². The molecule has 0 aliphatic rings. The van der Waals surface area contributed by atoms with Crippen LogP contribution in [0.2, 0.25) is 0 Å². The Morgan fingerprint density at radius 3 is 2.08 bits per heavy atom. The van der Waals surface area contributed by atoms with E-state index >= 15 is 0 Å². The monoisotopic (exact) mass is 338 g/mol. The molecule has 2 aromatic carbocycles. The first kappa shape index (κ1) is 19.1. The Balaban J connectivity index is 2.17. The van der Waals surface area contributed by atoms with Gasteiger partial charge in [-0.05, 0) is 50.3 Å². The first-order valence-corrected chi connectivity index (χ1v) is 8.40. The predicted octanol–water partition coefficient (Wildman–Crippen LogP) is 4.09. The molecular formula is C24H20BF. The minimum atomic E-state index is 0.311. The van der Waals surface area contributed by atoms with Crippen molar-refractivity contribution in [3.8, 4) is 23.7 Å². The standard InChI is InChI=1S/C24H20BF/c1-19(2)23(14-10-20-6-4-3-5-7-20)15-11-22(18-26)9-8-21-12-16-24(25)17-13-21/h3-7,11-13,15-18H,25H2,1-2H3/b15-11-,22-18+. The Bertz CT molecular complexity index is 950. The molecule has 0 saturated heterocycles. The summed E-state index contributed by atoms with van der Waals surface area (Å²) in [6.07, 6.45) is 3.98. The van der Waals surface area contributed by atoms with Gasteiger partial charge in [-0.2, -0.15) is 0 Å². The lowest BCUT2D eigenvalue weighted by Crippen LogP contribution is -1.99. The van der Waals surface area contributed by atoms with Gasteiger partial charge in [0, 0.05) is 16.7 Å². The Labute approximate surface area is 156 Å². The molecule has 2 heteroatoms. The highest BCUT2D eigenvalue weighted by atomic mass is 19.1. The molecule has 0 nitrogen and oxygen atoms in total. The molecule has 0 saturated carbocycles. The molecule has 0 aliphatic carbocycles. The molecule has 2 rings (SSSR count). The van der Waals surface area contributed by atoms with Crippen molar-refractivity contribution in [1.82, 2.24) is 0 Å². The topological polar surface area (TPSA) is 0 Å². The van der Waals surface area contributed by atoms with Crippen LogP contribution in [0.15, 0.2) is 89.8 Å². The molecule has 0 aliphatic heterocycles. The van der Waals surface area contributed by atoms with Crippen LogP contribution in [-0.2, 0) is 0 Å². The number of hydrogen-bond acceptors (Lipinski definition) is 0. The van der Waals surface area contributed by atoms with Gasteiger partial charge in [0.2, 0.25) is 0 Å². The molecule has 0 radical (unpaired) electrons. The van der Waals surface area contributed by atoms with Gasteiger partial charge in [-0.1, -0.05) is 65.0 Å². The maximum atomic E-state index is 13.2. The van der Waals surface area contributed by atoms with Gasteiger partial charge < -0.3 is 0 Å². The second-order valence-corrected chi connectivity index (χ2v) is 6.04. The van der Waals surface area contributed by atoms with Crippen molar-refractivity contribution in [3.05, 3.63) is 101 Å². The zero-order chi connectivity index (χ0) is 18.8. The lowest BCUT2D eigenvalue weighted by Gasteiger charge is -1.96. The number of rotatable bonds is 2. The summed E-state index contributed by atoms with van der Waals surface area (Å²) < 4.78 is 13.2. The first-order chi connectivity index (χ1) is 12.6. The van der Waals surface area contributed by atoms with Crippen molar-refractivity contribution in [1.29, 1.82) is 0 Å². The lowest BCUT2D eigenvalue weighted by atomic mass is 9.95. The van der Waals surface area contributed by atoms with Crippen LogP contribution in [0.25, 0.3) is 0 Å². The fraction of sp³-hybridized carbons (Fsp3) is 0.0833. The third-order valence-electron chi connectivity index (χ3n) is 3.60. The molecule has 0 bridgehead atoms. The summed E-state index contributed by atoms with van der Waals surface area (Å²) in [6.45, 7) is 3.96. The normalized spacial score (nSPS) is 10.5. The summed E-state index contributed by atoms with van der Waals surface area (Å²) in [6, 6.07) is 17.6. The highest BCUT2D eigenvalue weighted by Gasteiger charge is 1.93. The van der Waals surface area contributed by atoms with Crippen molar-refractivity contribution >= 4 is 13.3 Å². The van der Waals surface area contributed by atoms with Gasteiger partial charge in [0.15, 0.2) is 0 Å². The quantitative estimate of drug-likeness (QED) is 0.439. The summed E-state index contributed by atoms with van der Waals surface area (Å²) in [5.74, 6) is 12.1. The number of allylic oxidation sites excluding steroid dienone is 5. The SMILES string of the molecule is Bc1ccc(C#CC(/C=C\C(C#Cc2ccccc2)=C(C)C)=C\F)cc1. The van der Waals surface area contributed by atoms with Crippen molar-refractivity contribution in [2.75, 3.05) is 0 Å². The van der Waals surface area contributed by atoms with Crippen LogP contribution < -0.4 is 5.46 Å². The molecule has 0 amide bonds. The Hall–Kier alpha value is -3.23. The molecule has 0 atom stereocenters. The van der Waals surface area contributed by atoms with Gasteiger partial charge >= 0.3 is 0 Å². The highest BCUT2D eigenvalue weighted by Crippen LogP contribution is 2.08. The van der Waals surface area contributed by atoms with E-state index in [-0.39, 0.29) is 0 Å². The van der Waals surface area contributed by atoms with E-state index in [0.29, 0.717) is 11.9 Å². The molecule has 0 N–H and O–H groups in total. The zero-order valence-corrected chi connectivity index (χ0v) is 15.3. The van der Waals surface area contributed by atoms with E-state index in [1.54, 1.807) is 12.2 Å². The van der Waals surface area contributed by atoms with Crippen LogP contribution in [-0.4, -0.2) is 7.85 Å². The van der Waals surface area contributed by atoms with E-state index in [1.165, 1.54) is 5.46 Å². The summed E-state index contributed by atoms with van der Waals surface area (Å²) >= 11 is 0. The Kier molecular flexibility index (Phi) is 7.29. The number of halogens is 1. The van der Waals surface area contributed by atoms with E-state index in [2.05, 4.69) is 23.7 Å². The lowest BCUT2D eigenvalue weighted by molar-refractivity contribution is 0.717. The average molecular weight is 338 g/mol. The van der Waals surface area contributed by atoms with Crippen LogP contribution in [0, 0.1) is 23.7 Å². The van der Waals surface area contributed by atoms with Crippen molar-refractivity contribution in [3.63, 3.8) is 0 Å². The van der Waals surface area contributed by atoms with E-state index in [1.807, 2.05) is 76.3 Å².